The third-order valence-corrected chi connectivity index (χ3v) is 3.89. The molecule has 0 bridgehead atoms. The molecule has 1 N–H and O–H groups in total. The number of nitrogens with zero attached hydrogens (tertiary/aromatic N) is 4. The summed E-state index contributed by atoms with van der Waals surface area (Å²) in [5, 5.41) is 6.17. The van der Waals surface area contributed by atoms with Crippen LogP contribution >= 0.6 is 0 Å². The largest absolute Gasteiger partial charge is 0.433 e. The van der Waals surface area contributed by atoms with E-state index in [-0.39, 0.29) is 0 Å². The molecule has 2 aromatic rings. The number of halogens is 3. The lowest BCUT2D eigenvalue weighted by Gasteiger charge is -2.19. The Morgan fingerprint density at radius 1 is 1.23 bits per heavy atom. The minimum atomic E-state index is -4.68. The Bertz CT molecular complexity index is 749. The first-order valence-electron chi connectivity index (χ1n) is 8.36. The van der Waals surface area contributed by atoms with Crippen LogP contribution in [0.3, 0.4) is 0 Å². The first-order chi connectivity index (χ1) is 12.2. The van der Waals surface area contributed by atoms with Crippen LogP contribution in [0.25, 0.3) is 0 Å². The number of amides is 1. The highest BCUT2D eigenvalue weighted by Gasteiger charge is 2.40. The summed E-state index contributed by atoms with van der Waals surface area (Å²) in [6.45, 7) is 8.68. The van der Waals surface area contributed by atoms with Crippen molar-refractivity contribution in [3.8, 4) is 0 Å². The number of anilines is 2. The summed E-state index contributed by atoms with van der Waals surface area (Å²) in [4.78, 5) is 18.6. The number of aromatic nitrogens is 3. The maximum Gasteiger partial charge on any atom is 0.433 e. The van der Waals surface area contributed by atoms with E-state index in [9.17, 15) is 18.0 Å². The molecule has 0 fully saturated rings. The van der Waals surface area contributed by atoms with Crippen molar-refractivity contribution in [3.05, 3.63) is 35.8 Å². The van der Waals surface area contributed by atoms with Gasteiger partial charge >= 0.3 is 6.18 Å². The molecule has 0 aliphatic rings. The average Bonchev–Trinajstić information content (AvgIpc) is 3.03. The molecule has 0 aliphatic heterocycles. The van der Waals surface area contributed by atoms with Crippen molar-refractivity contribution < 1.29 is 18.0 Å². The third kappa shape index (κ3) is 4.14. The monoisotopic (exact) mass is 369 g/mol. The van der Waals surface area contributed by atoms with E-state index >= 15 is 0 Å². The molecule has 9 heteroatoms. The van der Waals surface area contributed by atoms with Gasteiger partial charge in [0.25, 0.3) is 5.91 Å². The van der Waals surface area contributed by atoms with Gasteiger partial charge in [0, 0.05) is 19.1 Å². The van der Waals surface area contributed by atoms with Gasteiger partial charge in [0.1, 0.15) is 5.82 Å². The van der Waals surface area contributed by atoms with E-state index in [0.29, 0.717) is 5.69 Å². The quantitative estimate of drug-likeness (QED) is 0.837. The summed E-state index contributed by atoms with van der Waals surface area (Å²) < 4.78 is 40.9. The molecular weight excluding hydrogens is 347 g/mol. The number of carbonyl (C=O) groups is 1. The third-order valence-electron chi connectivity index (χ3n) is 3.89. The van der Waals surface area contributed by atoms with Crippen LogP contribution in [0.1, 0.15) is 49.8 Å². The number of pyridine rings is 1. The van der Waals surface area contributed by atoms with E-state index in [1.165, 1.54) is 6.20 Å². The van der Waals surface area contributed by atoms with Crippen LogP contribution < -0.4 is 10.2 Å². The molecule has 26 heavy (non-hydrogen) atoms. The van der Waals surface area contributed by atoms with Gasteiger partial charge in [-0.05, 0) is 39.8 Å². The van der Waals surface area contributed by atoms with Crippen LogP contribution in [0.4, 0.5) is 24.7 Å². The van der Waals surface area contributed by atoms with E-state index in [4.69, 9.17) is 0 Å². The van der Waals surface area contributed by atoms with Gasteiger partial charge in [-0.15, -0.1) is 0 Å². The molecule has 142 valence electrons. The van der Waals surface area contributed by atoms with Crippen LogP contribution in [0.15, 0.2) is 24.5 Å². The molecule has 0 aliphatic carbocycles. The lowest BCUT2D eigenvalue weighted by atomic mass is 10.2. The zero-order valence-electron chi connectivity index (χ0n) is 15.1. The lowest BCUT2D eigenvalue weighted by Crippen LogP contribution is -2.23. The minimum absolute atomic E-state index is 0.316. The second-order valence-electron chi connectivity index (χ2n) is 5.97. The minimum Gasteiger partial charge on any atom is -0.357 e. The molecule has 0 spiro atoms. The SMILES string of the molecule is CCN(CC)c1ccc(NC(=O)c2cnn(C(C)C)c2C(F)(F)F)cn1. The summed E-state index contributed by atoms with van der Waals surface area (Å²) in [5.41, 5.74) is -1.26. The van der Waals surface area contributed by atoms with Crippen molar-refractivity contribution in [2.24, 2.45) is 0 Å². The molecule has 0 radical (unpaired) electrons. The van der Waals surface area contributed by atoms with Gasteiger partial charge in [-0.2, -0.15) is 18.3 Å². The van der Waals surface area contributed by atoms with Crippen LogP contribution in [0, 0.1) is 0 Å². The Morgan fingerprint density at radius 2 is 1.88 bits per heavy atom. The fourth-order valence-corrected chi connectivity index (χ4v) is 2.60. The van der Waals surface area contributed by atoms with Crippen molar-refractivity contribution in [3.63, 3.8) is 0 Å². The van der Waals surface area contributed by atoms with E-state index in [1.54, 1.807) is 26.0 Å². The van der Waals surface area contributed by atoms with Gasteiger partial charge in [-0.25, -0.2) is 4.98 Å². The predicted octanol–water partition coefficient (Wildman–Crippen LogP) is 3.98. The topological polar surface area (TPSA) is 63.1 Å². The fourth-order valence-electron chi connectivity index (χ4n) is 2.60. The second kappa shape index (κ2) is 7.76. The zero-order valence-corrected chi connectivity index (χ0v) is 15.1. The molecule has 0 atom stereocenters. The van der Waals surface area contributed by atoms with Crippen LogP contribution in [0.5, 0.6) is 0 Å². The Kier molecular flexibility index (Phi) is 5.89. The van der Waals surface area contributed by atoms with Gasteiger partial charge in [0.2, 0.25) is 0 Å². The summed E-state index contributed by atoms with van der Waals surface area (Å²) in [5.74, 6) is -0.141. The highest BCUT2D eigenvalue weighted by atomic mass is 19.4. The number of hydrogen-bond acceptors (Lipinski definition) is 4. The highest BCUT2D eigenvalue weighted by Crippen LogP contribution is 2.33. The molecule has 0 unspecified atom stereocenters. The molecule has 0 saturated carbocycles. The van der Waals surface area contributed by atoms with Crippen LogP contribution in [-0.2, 0) is 6.18 Å². The highest BCUT2D eigenvalue weighted by molar-refractivity contribution is 6.05. The first-order valence-corrected chi connectivity index (χ1v) is 8.36. The molecule has 2 aromatic heterocycles. The van der Waals surface area contributed by atoms with Crippen molar-refractivity contribution >= 4 is 17.4 Å². The Morgan fingerprint density at radius 3 is 2.35 bits per heavy atom. The Labute approximate surface area is 150 Å². The van der Waals surface area contributed by atoms with Gasteiger partial charge in [0.05, 0.1) is 23.6 Å². The van der Waals surface area contributed by atoms with Crippen LogP contribution in [-0.4, -0.2) is 33.8 Å². The Hall–Kier alpha value is -2.58. The van der Waals surface area contributed by atoms with Gasteiger partial charge in [-0.1, -0.05) is 0 Å². The smallest absolute Gasteiger partial charge is 0.357 e. The Balaban J connectivity index is 2.26. The molecule has 2 rings (SSSR count). The summed E-state index contributed by atoms with van der Waals surface area (Å²) in [6, 6.07) is 2.80. The maximum atomic E-state index is 13.4. The van der Waals surface area contributed by atoms with Gasteiger partial charge < -0.3 is 10.2 Å². The number of carbonyl (C=O) groups excluding carboxylic acids is 1. The number of nitrogens with one attached hydrogen (secondary N) is 1. The van der Waals surface area contributed by atoms with E-state index < -0.39 is 29.4 Å². The van der Waals surface area contributed by atoms with Crippen molar-refractivity contribution in [2.45, 2.75) is 39.9 Å². The normalized spacial score (nSPS) is 11.7. The van der Waals surface area contributed by atoms with Crippen molar-refractivity contribution in [2.75, 3.05) is 23.3 Å². The van der Waals surface area contributed by atoms with Gasteiger partial charge in [-0.3, -0.25) is 9.48 Å². The maximum absolute atomic E-state index is 13.4. The summed E-state index contributed by atoms with van der Waals surface area (Å²) in [6.07, 6.45) is -2.32. The average molecular weight is 369 g/mol. The van der Waals surface area contributed by atoms with Crippen molar-refractivity contribution in [1.82, 2.24) is 14.8 Å². The fraction of sp³-hybridized carbons (Fsp3) is 0.471. The molecular formula is C17H22F3N5O. The number of rotatable bonds is 6. The molecule has 0 saturated heterocycles. The predicted molar refractivity (Wildman–Crippen MR) is 93.4 cm³/mol. The van der Waals surface area contributed by atoms with Gasteiger partial charge in [0.15, 0.2) is 5.69 Å². The lowest BCUT2D eigenvalue weighted by molar-refractivity contribution is -0.145. The molecule has 6 nitrogen and oxygen atoms in total. The molecule has 2 heterocycles. The molecule has 1 amide bonds. The summed E-state index contributed by atoms with van der Waals surface area (Å²) in [7, 11) is 0. The summed E-state index contributed by atoms with van der Waals surface area (Å²) >= 11 is 0. The standard InChI is InChI=1S/C17H22F3N5O/c1-5-24(6-2)14-8-7-12(9-21-14)23-16(26)13-10-22-25(11(3)4)15(13)17(18,19)20/h7-11H,5-6H2,1-4H3,(H,23,26). The van der Waals surface area contributed by atoms with Crippen molar-refractivity contribution in [1.29, 1.82) is 0 Å². The number of alkyl halides is 3. The second-order valence-corrected chi connectivity index (χ2v) is 5.97. The zero-order chi connectivity index (χ0) is 19.5. The van der Waals surface area contributed by atoms with Crippen LogP contribution in [0.2, 0.25) is 0 Å². The molecule has 0 aromatic carbocycles. The number of hydrogen-bond donors (Lipinski definition) is 1. The van der Waals surface area contributed by atoms with E-state index in [2.05, 4.69) is 15.4 Å². The van der Waals surface area contributed by atoms with E-state index in [0.717, 1.165) is 29.8 Å². The van der Waals surface area contributed by atoms with E-state index in [1.807, 2.05) is 18.7 Å². The first kappa shape index (κ1) is 19.7.